The van der Waals surface area contributed by atoms with Crippen molar-refractivity contribution in [2.24, 2.45) is 16.7 Å². The molecule has 1 aliphatic heterocycles. The van der Waals surface area contributed by atoms with Gasteiger partial charge in [-0.2, -0.15) is 0 Å². The minimum Gasteiger partial charge on any atom is -0.487 e. The molecule has 1 atom stereocenters. The van der Waals surface area contributed by atoms with E-state index < -0.39 is 11.7 Å². The summed E-state index contributed by atoms with van der Waals surface area (Å²) < 4.78 is 24.8. The lowest BCUT2D eigenvalue weighted by atomic mass is 10.2. The number of benzene rings is 1. The van der Waals surface area contributed by atoms with Crippen LogP contribution in [0, 0.1) is 5.82 Å². The molecule has 26 heavy (non-hydrogen) atoms. The van der Waals surface area contributed by atoms with Crippen LogP contribution in [0.1, 0.15) is 17.5 Å². The Kier molecular flexibility index (Phi) is 4.96. The molecule has 0 aliphatic carbocycles. The molecule has 0 spiro atoms. The lowest BCUT2D eigenvalue weighted by Crippen LogP contribution is -2.46. The average molecular weight is 365 g/mol. The first kappa shape index (κ1) is 18.0. The summed E-state index contributed by atoms with van der Waals surface area (Å²) in [6.45, 7) is 1.88. The maximum Gasteiger partial charge on any atom is 0.294 e. The summed E-state index contributed by atoms with van der Waals surface area (Å²) in [6, 6.07) is 3.63. The molecule has 0 bridgehead atoms. The van der Waals surface area contributed by atoms with Gasteiger partial charge in [0.15, 0.2) is 5.75 Å². The minimum atomic E-state index is -0.449. The molecule has 5 N–H and O–H groups in total. The number of ether oxygens (including phenoxy) is 1. The van der Waals surface area contributed by atoms with Crippen LogP contribution in [-0.4, -0.2) is 59.2 Å². The molecule has 140 valence electrons. The van der Waals surface area contributed by atoms with Crippen LogP contribution in [0.4, 0.5) is 4.39 Å². The Bertz CT molecular complexity index is 853. The lowest BCUT2D eigenvalue weighted by Gasteiger charge is -2.26. The summed E-state index contributed by atoms with van der Waals surface area (Å²) >= 11 is 0. The maximum atomic E-state index is 13.5. The van der Waals surface area contributed by atoms with Crippen molar-refractivity contribution in [2.45, 2.75) is 13.0 Å². The number of nitrogens with two attached hydrogens (primary N) is 2. The molecule has 0 saturated carbocycles. The monoisotopic (exact) mass is 365 g/mol. The number of fused-ring (bicyclic) bond motifs is 3. The summed E-state index contributed by atoms with van der Waals surface area (Å²) in [5.74, 6) is 4.96. The summed E-state index contributed by atoms with van der Waals surface area (Å²) in [7, 11) is 0. The molecule has 3 rings (SSSR count). The van der Waals surface area contributed by atoms with Crippen molar-refractivity contribution >= 4 is 22.7 Å². The first-order valence-electron chi connectivity index (χ1n) is 8.02. The number of carbonyl (C=O) groups is 1. The van der Waals surface area contributed by atoms with Gasteiger partial charge in [-0.3, -0.25) is 4.79 Å². The Labute approximate surface area is 148 Å². The first-order chi connectivity index (χ1) is 12.4. The fraction of sp³-hybridized carbons (Fsp3) is 0.375. The number of furan rings is 1. The van der Waals surface area contributed by atoms with Gasteiger partial charge in [-0.25, -0.2) is 15.4 Å². The van der Waals surface area contributed by atoms with Gasteiger partial charge in [0.25, 0.3) is 5.91 Å². The van der Waals surface area contributed by atoms with Crippen molar-refractivity contribution in [2.75, 3.05) is 26.3 Å². The van der Waals surface area contributed by atoms with Gasteiger partial charge in [-0.15, -0.1) is 5.10 Å². The Balaban J connectivity index is 1.91. The number of halogens is 1. The number of hydrazone groups is 1. The Morgan fingerprint density at radius 1 is 1.54 bits per heavy atom. The summed E-state index contributed by atoms with van der Waals surface area (Å²) in [4.78, 5) is 14.4. The second-order valence-electron chi connectivity index (χ2n) is 5.97. The van der Waals surface area contributed by atoms with Crippen molar-refractivity contribution in [3.05, 3.63) is 29.8 Å². The van der Waals surface area contributed by atoms with Crippen LogP contribution in [-0.2, 0) is 0 Å². The second kappa shape index (κ2) is 7.18. The van der Waals surface area contributed by atoms with Crippen molar-refractivity contribution in [1.29, 1.82) is 0 Å². The number of amidine groups is 1. The molecule has 1 aliphatic rings. The van der Waals surface area contributed by atoms with Gasteiger partial charge >= 0.3 is 0 Å². The molecule has 1 amide bonds. The number of hydrogen-bond acceptors (Lipinski definition) is 7. The number of nitrogens with zero attached hydrogens (tertiary/aromatic N) is 3. The van der Waals surface area contributed by atoms with Gasteiger partial charge in [-0.05, 0) is 25.1 Å². The summed E-state index contributed by atoms with van der Waals surface area (Å²) in [5.41, 5.74) is 6.22. The third kappa shape index (κ3) is 3.41. The van der Waals surface area contributed by atoms with E-state index in [1.165, 1.54) is 23.1 Å². The predicted molar refractivity (Wildman–Crippen MR) is 91.8 cm³/mol. The molecular weight excluding hydrogens is 345 g/mol. The molecule has 0 saturated heterocycles. The quantitative estimate of drug-likeness (QED) is 0.299. The molecule has 9 nitrogen and oxygen atoms in total. The zero-order valence-corrected chi connectivity index (χ0v) is 14.2. The first-order valence-corrected chi connectivity index (χ1v) is 8.02. The third-order valence-corrected chi connectivity index (χ3v) is 3.98. The van der Waals surface area contributed by atoms with Gasteiger partial charge in [0, 0.05) is 0 Å². The topological polar surface area (TPSA) is 131 Å². The van der Waals surface area contributed by atoms with Crippen LogP contribution in [0.5, 0.6) is 5.75 Å². The van der Waals surface area contributed by atoms with Crippen LogP contribution in [0.3, 0.4) is 0 Å². The molecule has 10 heteroatoms. The lowest BCUT2D eigenvalue weighted by molar-refractivity contribution is 0.0684. The van der Waals surface area contributed by atoms with E-state index >= 15 is 0 Å². The van der Waals surface area contributed by atoms with E-state index in [-0.39, 0.29) is 49.7 Å². The SMILES string of the molecule is CC1COc2c(oc3ccc(F)cc23)C(=O)N1C/C(N)=N/N(N)CCO. The van der Waals surface area contributed by atoms with E-state index in [1.54, 1.807) is 6.92 Å². The highest BCUT2D eigenvalue weighted by atomic mass is 19.1. The highest BCUT2D eigenvalue weighted by Gasteiger charge is 2.34. The van der Waals surface area contributed by atoms with Gasteiger partial charge in [0.05, 0.1) is 31.1 Å². The van der Waals surface area contributed by atoms with Crippen molar-refractivity contribution < 1.29 is 23.4 Å². The third-order valence-electron chi connectivity index (χ3n) is 3.98. The molecule has 1 aromatic carbocycles. The van der Waals surface area contributed by atoms with E-state index in [4.69, 9.17) is 25.8 Å². The number of amides is 1. The van der Waals surface area contributed by atoms with Crippen LogP contribution in [0.15, 0.2) is 27.7 Å². The van der Waals surface area contributed by atoms with Crippen LogP contribution >= 0.6 is 0 Å². The highest BCUT2D eigenvalue weighted by molar-refractivity contribution is 6.03. The Morgan fingerprint density at radius 2 is 2.31 bits per heavy atom. The molecule has 2 heterocycles. The largest absolute Gasteiger partial charge is 0.487 e. The van der Waals surface area contributed by atoms with Crippen molar-refractivity contribution in [3.8, 4) is 5.75 Å². The molecule has 2 aromatic rings. The number of hydrazine groups is 1. The standard InChI is InChI=1S/C16H20FN5O4/c1-9-8-25-14-11-6-10(17)2-3-12(11)26-15(14)16(24)21(9)7-13(18)20-22(19)4-5-23/h2-3,6,9,23H,4-5,7-8,19H2,1H3,(H2,18,20). The number of carbonyl (C=O) groups excluding carboxylic acids is 1. The predicted octanol–water partition coefficient (Wildman–Crippen LogP) is 0.235. The van der Waals surface area contributed by atoms with Gasteiger partial charge in [0.2, 0.25) is 5.76 Å². The normalized spacial score (nSPS) is 17.8. The zero-order valence-electron chi connectivity index (χ0n) is 14.2. The molecule has 0 fully saturated rings. The van der Waals surface area contributed by atoms with Gasteiger partial charge in [-0.1, -0.05) is 0 Å². The van der Waals surface area contributed by atoms with E-state index in [0.29, 0.717) is 11.0 Å². The smallest absolute Gasteiger partial charge is 0.294 e. The van der Waals surface area contributed by atoms with E-state index in [1.807, 2.05) is 0 Å². The van der Waals surface area contributed by atoms with Crippen molar-refractivity contribution in [3.63, 3.8) is 0 Å². The van der Waals surface area contributed by atoms with Crippen LogP contribution in [0.25, 0.3) is 11.0 Å². The highest BCUT2D eigenvalue weighted by Crippen LogP contribution is 2.36. The van der Waals surface area contributed by atoms with E-state index in [0.717, 1.165) is 5.12 Å². The molecule has 1 aromatic heterocycles. The van der Waals surface area contributed by atoms with Crippen molar-refractivity contribution in [1.82, 2.24) is 10.0 Å². The van der Waals surface area contributed by atoms with Gasteiger partial charge < -0.3 is 24.9 Å². The summed E-state index contributed by atoms with van der Waals surface area (Å²) in [6.07, 6.45) is 0. The molecular formula is C16H20FN5O4. The number of hydrogen-bond donors (Lipinski definition) is 3. The van der Waals surface area contributed by atoms with E-state index in [9.17, 15) is 9.18 Å². The fourth-order valence-corrected chi connectivity index (χ4v) is 2.71. The molecule has 1 unspecified atom stereocenters. The van der Waals surface area contributed by atoms with Gasteiger partial charge in [0.1, 0.15) is 23.8 Å². The fourth-order valence-electron chi connectivity index (χ4n) is 2.71. The zero-order chi connectivity index (χ0) is 18.8. The average Bonchev–Trinajstić information content (AvgIpc) is 2.89. The van der Waals surface area contributed by atoms with Crippen LogP contribution < -0.4 is 16.3 Å². The summed E-state index contributed by atoms with van der Waals surface area (Å²) in [5, 5.41) is 14.1. The number of rotatable bonds is 5. The second-order valence-corrected chi connectivity index (χ2v) is 5.97. The van der Waals surface area contributed by atoms with Crippen LogP contribution in [0.2, 0.25) is 0 Å². The Morgan fingerprint density at radius 3 is 3.04 bits per heavy atom. The number of aliphatic hydroxyl groups is 1. The molecule has 0 radical (unpaired) electrons. The maximum absolute atomic E-state index is 13.5. The Hall–Kier alpha value is -2.85. The minimum absolute atomic E-state index is 0.00661. The van der Waals surface area contributed by atoms with E-state index in [2.05, 4.69) is 5.10 Å². The number of aliphatic hydroxyl groups excluding tert-OH is 1.